The van der Waals surface area contributed by atoms with Crippen LogP contribution < -0.4 is 0 Å². The Kier molecular flexibility index (Phi) is 3.43. The minimum atomic E-state index is -1.12. The van der Waals surface area contributed by atoms with E-state index in [4.69, 9.17) is 16.7 Å². The Bertz CT molecular complexity index is 655. The maximum absolute atomic E-state index is 10.9. The average molecular weight is 279 g/mol. The van der Waals surface area contributed by atoms with Gasteiger partial charge in [0.05, 0.1) is 16.2 Å². The van der Waals surface area contributed by atoms with Gasteiger partial charge in [-0.25, -0.2) is 9.78 Å². The number of nitro groups is 1. The zero-order valence-corrected chi connectivity index (χ0v) is 10.2. The third kappa shape index (κ3) is 2.86. The molecule has 0 saturated carbocycles. The quantitative estimate of drug-likeness (QED) is 0.529. The average Bonchev–Trinajstić information content (AvgIpc) is 2.38. The van der Waals surface area contributed by atoms with E-state index in [0.29, 0.717) is 11.3 Å². The molecule has 0 unspecified atom stereocenters. The third-order valence-electron chi connectivity index (χ3n) is 2.41. The van der Waals surface area contributed by atoms with Gasteiger partial charge in [0.15, 0.2) is 0 Å². The van der Waals surface area contributed by atoms with Crippen LogP contribution in [-0.4, -0.2) is 21.0 Å². The number of aromatic carboxylic acids is 1. The second kappa shape index (κ2) is 5.03. The molecule has 96 valence electrons. The van der Waals surface area contributed by atoms with Gasteiger partial charge in [-0.2, -0.15) is 0 Å². The van der Waals surface area contributed by atoms with E-state index >= 15 is 0 Å². The molecular formula is C12H7ClN2O4. The van der Waals surface area contributed by atoms with Crippen LogP contribution in [0.3, 0.4) is 0 Å². The number of nitro benzene ring substituents is 1. The first-order valence-corrected chi connectivity index (χ1v) is 5.51. The number of carbonyl (C=O) groups is 1. The molecule has 0 amide bonds. The number of aromatic nitrogens is 1. The number of nitrogens with zero attached hydrogens (tertiary/aromatic N) is 2. The van der Waals surface area contributed by atoms with Gasteiger partial charge < -0.3 is 5.11 Å². The van der Waals surface area contributed by atoms with Crippen molar-refractivity contribution >= 4 is 23.3 Å². The van der Waals surface area contributed by atoms with Gasteiger partial charge in [-0.05, 0) is 24.3 Å². The molecular weight excluding hydrogens is 272 g/mol. The van der Waals surface area contributed by atoms with Crippen LogP contribution in [0.1, 0.15) is 10.4 Å². The summed E-state index contributed by atoms with van der Waals surface area (Å²) in [6.07, 6.45) is 0. The van der Waals surface area contributed by atoms with Gasteiger partial charge in [0.25, 0.3) is 5.69 Å². The molecule has 0 radical (unpaired) electrons. The summed E-state index contributed by atoms with van der Waals surface area (Å²) in [4.78, 5) is 24.9. The number of non-ortho nitro benzene ring substituents is 1. The van der Waals surface area contributed by atoms with E-state index in [9.17, 15) is 14.9 Å². The van der Waals surface area contributed by atoms with Crippen LogP contribution in [-0.2, 0) is 0 Å². The van der Waals surface area contributed by atoms with Crippen molar-refractivity contribution in [1.82, 2.24) is 4.98 Å². The Morgan fingerprint density at radius 3 is 2.42 bits per heavy atom. The number of rotatable bonds is 3. The maximum atomic E-state index is 10.9. The van der Waals surface area contributed by atoms with Crippen molar-refractivity contribution in [1.29, 1.82) is 0 Å². The SMILES string of the molecule is O=C(O)c1cc(Cl)nc(-c2ccc([N+](=O)[O-])cc2)c1. The molecule has 0 bridgehead atoms. The molecule has 0 fully saturated rings. The van der Waals surface area contributed by atoms with Gasteiger partial charge in [0, 0.05) is 17.7 Å². The van der Waals surface area contributed by atoms with Crippen molar-refractivity contribution in [3.05, 3.63) is 57.2 Å². The molecule has 0 aliphatic carbocycles. The summed E-state index contributed by atoms with van der Waals surface area (Å²) in [7, 11) is 0. The molecule has 7 heteroatoms. The summed E-state index contributed by atoms with van der Waals surface area (Å²) in [6.45, 7) is 0. The Labute approximate surface area is 112 Å². The van der Waals surface area contributed by atoms with E-state index in [-0.39, 0.29) is 16.4 Å². The van der Waals surface area contributed by atoms with Gasteiger partial charge in [0.1, 0.15) is 5.15 Å². The molecule has 1 aromatic heterocycles. The normalized spacial score (nSPS) is 10.2. The lowest BCUT2D eigenvalue weighted by molar-refractivity contribution is -0.384. The number of pyridine rings is 1. The van der Waals surface area contributed by atoms with Crippen molar-refractivity contribution in [2.45, 2.75) is 0 Å². The van der Waals surface area contributed by atoms with Crippen LogP contribution >= 0.6 is 11.6 Å². The first-order chi connectivity index (χ1) is 8.97. The molecule has 0 spiro atoms. The maximum Gasteiger partial charge on any atom is 0.335 e. The molecule has 0 aliphatic heterocycles. The molecule has 1 heterocycles. The van der Waals surface area contributed by atoms with E-state index in [0.717, 1.165) is 0 Å². The molecule has 19 heavy (non-hydrogen) atoms. The first-order valence-electron chi connectivity index (χ1n) is 5.13. The van der Waals surface area contributed by atoms with Crippen molar-refractivity contribution < 1.29 is 14.8 Å². The topological polar surface area (TPSA) is 93.3 Å². The summed E-state index contributed by atoms with van der Waals surface area (Å²) >= 11 is 5.74. The Morgan fingerprint density at radius 2 is 1.89 bits per heavy atom. The van der Waals surface area contributed by atoms with Gasteiger partial charge in [0.2, 0.25) is 0 Å². The van der Waals surface area contributed by atoms with Crippen molar-refractivity contribution in [3.8, 4) is 11.3 Å². The van der Waals surface area contributed by atoms with E-state index in [2.05, 4.69) is 4.98 Å². The largest absolute Gasteiger partial charge is 0.478 e. The van der Waals surface area contributed by atoms with Gasteiger partial charge in [-0.1, -0.05) is 11.6 Å². The standard InChI is InChI=1S/C12H7ClN2O4/c13-11-6-8(12(16)17)5-10(14-11)7-1-3-9(4-2-7)15(18)19/h1-6H,(H,16,17). The molecule has 0 atom stereocenters. The van der Waals surface area contributed by atoms with Crippen LogP contribution in [0.5, 0.6) is 0 Å². The fraction of sp³-hybridized carbons (Fsp3) is 0. The molecule has 1 aromatic carbocycles. The van der Waals surface area contributed by atoms with Crippen LogP contribution in [0.4, 0.5) is 5.69 Å². The monoisotopic (exact) mass is 278 g/mol. The Balaban J connectivity index is 2.46. The molecule has 6 nitrogen and oxygen atoms in total. The fourth-order valence-corrected chi connectivity index (χ4v) is 1.73. The summed E-state index contributed by atoms with van der Waals surface area (Å²) in [6, 6.07) is 8.20. The smallest absolute Gasteiger partial charge is 0.335 e. The summed E-state index contributed by atoms with van der Waals surface area (Å²) in [5, 5.41) is 19.5. The Morgan fingerprint density at radius 1 is 1.26 bits per heavy atom. The summed E-state index contributed by atoms with van der Waals surface area (Å²) in [5.41, 5.74) is 0.855. The van der Waals surface area contributed by atoms with Crippen LogP contribution in [0.2, 0.25) is 5.15 Å². The van der Waals surface area contributed by atoms with E-state index < -0.39 is 10.9 Å². The highest BCUT2D eigenvalue weighted by atomic mass is 35.5. The zero-order valence-electron chi connectivity index (χ0n) is 9.41. The Hall–Kier alpha value is -2.47. The predicted molar refractivity (Wildman–Crippen MR) is 68.3 cm³/mol. The van der Waals surface area contributed by atoms with Crippen molar-refractivity contribution in [2.75, 3.05) is 0 Å². The third-order valence-corrected chi connectivity index (χ3v) is 2.61. The molecule has 0 saturated heterocycles. The highest BCUT2D eigenvalue weighted by molar-refractivity contribution is 6.29. The van der Waals surface area contributed by atoms with Gasteiger partial charge in [-0.3, -0.25) is 10.1 Å². The number of hydrogen-bond donors (Lipinski definition) is 1. The zero-order chi connectivity index (χ0) is 14.0. The lowest BCUT2D eigenvalue weighted by Gasteiger charge is -2.03. The summed E-state index contributed by atoms with van der Waals surface area (Å²) < 4.78 is 0. The minimum absolute atomic E-state index is 0.00773. The molecule has 0 aliphatic rings. The number of carboxylic acid groups (broad SMARTS) is 1. The number of benzene rings is 1. The number of hydrogen-bond acceptors (Lipinski definition) is 4. The van der Waals surface area contributed by atoms with Gasteiger partial charge >= 0.3 is 5.97 Å². The van der Waals surface area contributed by atoms with Crippen molar-refractivity contribution in [3.63, 3.8) is 0 Å². The fourth-order valence-electron chi connectivity index (χ4n) is 1.52. The van der Waals surface area contributed by atoms with Crippen LogP contribution in [0.15, 0.2) is 36.4 Å². The molecule has 1 N–H and O–H groups in total. The second-order valence-corrected chi connectivity index (χ2v) is 4.06. The minimum Gasteiger partial charge on any atom is -0.478 e. The number of carboxylic acids is 1. The highest BCUT2D eigenvalue weighted by Gasteiger charge is 2.10. The summed E-state index contributed by atoms with van der Waals surface area (Å²) in [5.74, 6) is -1.12. The van der Waals surface area contributed by atoms with E-state index in [1.165, 1.54) is 36.4 Å². The van der Waals surface area contributed by atoms with E-state index in [1.54, 1.807) is 0 Å². The van der Waals surface area contributed by atoms with Crippen LogP contribution in [0, 0.1) is 10.1 Å². The lowest BCUT2D eigenvalue weighted by atomic mass is 10.1. The second-order valence-electron chi connectivity index (χ2n) is 3.67. The molecule has 2 rings (SSSR count). The lowest BCUT2D eigenvalue weighted by Crippen LogP contribution is -1.98. The van der Waals surface area contributed by atoms with Crippen LogP contribution in [0.25, 0.3) is 11.3 Å². The number of halogens is 1. The van der Waals surface area contributed by atoms with Crippen molar-refractivity contribution in [2.24, 2.45) is 0 Å². The first kappa shape index (κ1) is 13.0. The molecule has 2 aromatic rings. The highest BCUT2D eigenvalue weighted by Crippen LogP contribution is 2.23. The van der Waals surface area contributed by atoms with E-state index in [1.807, 2.05) is 0 Å². The predicted octanol–water partition coefficient (Wildman–Crippen LogP) is 3.01. The van der Waals surface area contributed by atoms with Gasteiger partial charge in [-0.15, -0.1) is 0 Å².